The van der Waals surface area contributed by atoms with Gasteiger partial charge in [-0.15, -0.1) is 11.3 Å². The van der Waals surface area contributed by atoms with Gasteiger partial charge in [0.15, 0.2) is 0 Å². The Morgan fingerprint density at radius 2 is 1.88 bits per heavy atom. The van der Waals surface area contributed by atoms with Gasteiger partial charge in [0.2, 0.25) is 0 Å². The maximum Gasteiger partial charge on any atom is 0.0302 e. The summed E-state index contributed by atoms with van der Waals surface area (Å²) in [4.78, 5) is 2.96. The minimum Gasteiger partial charge on any atom is -0.309 e. The van der Waals surface area contributed by atoms with Crippen molar-refractivity contribution in [2.45, 2.75) is 59.5 Å². The molecule has 0 radical (unpaired) electrons. The first-order valence-corrected chi connectivity index (χ1v) is 7.28. The average Bonchev–Trinajstić information content (AvgIpc) is 2.74. The van der Waals surface area contributed by atoms with Crippen molar-refractivity contribution < 1.29 is 0 Å². The minimum atomic E-state index is 0.627. The van der Waals surface area contributed by atoms with Crippen LogP contribution in [0.25, 0.3) is 0 Å². The fraction of sp³-hybridized carbons (Fsp3) is 0.714. The van der Waals surface area contributed by atoms with Crippen LogP contribution in [0.1, 0.15) is 50.3 Å². The lowest BCUT2D eigenvalue weighted by molar-refractivity contribution is 0.413. The Labute approximate surface area is 104 Å². The van der Waals surface area contributed by atoms with E-state index in [4.69, 9.17) is 0 Å². The fourth-order valence-corrected chi connectivity index (χ4v) is 2.74. The van der Waals surface area contributed by atoms with Crippen LogP contribution in [0.15, 0.2) is 12.1 Å². The average molecular weight is 239 g/mol. The van der Waals surface area contributed by atoms with E-state index >= 15 is 0 Å². The lowest BCUT2D eigenvalue weighted by Crippen LogP contribution is -2.26. The van der Waals surface area contributed by atoms with Crippen LogP contribution in [-0.4, -0.2) is 6.04 Å². The van der Waals surface area contributed by atoms with Crippen molar-refractivity contribution >= 4 is 11.3 Å². The fourth-order valence-electron chi connectivity index (χ4n) is 1.84. The van der Waals surface area contributed by atoms with Crippen LogP contribution >= 0.6 is 11.3 Å². The molecule has 2 unspecified atom stereocenters. The molecule has 92 valence electrons. The third-order valence-corrected chi connectivity index (χ3v) is 4.37. The molecular formula is C14H25NS. The summed E-state index contributed by atoms with van der Waals surface area (Å²) in [5.74, 6) is 0.831. The van der Waals surface area contributed by atoms with Crippen LogP contribution in [0, 0.1) is 5.92 Å². The van der Waals surface area contributed by atoms with Gasteiger partial charge in [0, 0.05) is 22.3 Å². The smallest absolute Gasteiger partial charge is 0.0302 e. The molecule has 0 aliphatic rings. The highest BCUT2D eigenvalue weighted by Crippen LogP contribution is 2.17. The van der Waals surface area contributed by atoms with Crippen molar-refractivity contribution in [3.8, 4) is 0 Å². The molecule has 1 nitrogen and oxygen atoms in total. The Bertz CT molecular complexity index is 293. The summed E-state index contributed by atoms with van der Waals surface area (Å²) in [6.45, 7) is 10.1. The number of hydrogen-bond acceptors (Lipinski definition) is 2. The van der Waals surface area contributed by atoms with E-state index in [1.807, 2.05) is 11.3 Å². The zero-order chi connectivity index (χ0) is 12.0. The molecule has 1 rings (SSSR count). The Balaban J connectivity index is 2.28. The number of aryl methyl sites for hydroxylation is 1. The normalized spacial score (nSPS) is 15.0. The summed E-state index contributed by atoms with van der Waals surface area (Å²) >= 11 is 1.94. The van der Waals surface area contributed by atoms with Crippen molar-refractivity contribution in [1.29, 1.82) is 0 Å². The van der Waals surface area contributed by atoms with Gasteiger partial charge in [-0.3, -0.25) is 0 Å². The van der Waals surface area contributed by atoms with Crippen LogP contribution in [0.3, 0.4) is 0 Å². The van der Waals surface area contributed by atoms with Gasteiger partial charge in [0.25, 0.3) is 0 Å². The van der Waals surface area contributed by atoms with Crippen LogP contribution in [0.2, 0.25) is 0 Å². The molecule has 16 heavy (non-hydrogen) atoms. The zero-order valence-corrected chi connectivity index (χ0v) is 11.9. The second-order valence-electron chi connectivity index (χ2n) is 4.75. The molecular weight excluding hydrogens is 214 g/mol. The highest BCUT2D eigenvalue weighted by Gasteiger charge is 2.07. The van der Waals surface area contributed by atoms with Gasteiger partial charge in [0.05, 0.1) is 0 Å². The SMILES string of the molecule is CCc1ccc(CNC(C)CC(C)CC)s1. The summed E-state index contributed by atoms with van der Waals surface area (Å²) in [6.07, 6.45) is 3.72. The topological polar surface area (TPSA) is 12.0 Å². The zero-order valence-electron chi connectivity index (χ0n) is 11.0. The van der Waals surface area contributed by atoms with Crippen LogP contribution in [0.5, 0.6) is 0 Å². The van der Waals surface area contributed by atoms with Gasteiger partial charge in [0.1, 0.15) is 0 Å². The Morgan fingerprint density at radius 3 is 2.44 bits per heavy atom. The molecule has 0 saturated heterocycles. The molecule has 0 saturated carbocycles. The number of rotatable bonds is 7. The summed E-state index contributed by atoms with van der Waals surface area (Å²) in [6, 6.07) is 5.13. The van der Waals surface area contributed by atoms with E-state index in [1.54, 1.807) is 0 Å². The number of hydrogen-bond donors (Lipinski definition) is 1. The van der Waals surface area contributed by atoms with E-state index < -0.39 is 0 Å². The molecule has 0 spiro atoms. The first-order chi connectivity index (χ1) is 7.65. The van der Waals surface area contributed by atoms with Gasteiger partial charge >= 0.3 is 0 Å². The minimum absolute atomic E-state index is 0.627. The molecule has 2 atom stereocenters. The number of nitrogens with one attached hydrogen (secondary N) is 1. The van der Waals surface area contributed by atoms with E-state index in [0.717, 1.165) is 18.9 Å². The van der Waals surface area contributed by atoms with Gasteiger partial charge in [-0.05, 0) is 37.8 Å². The molecule has 2 heteroatoms. The second kappa shape index (κ2) is 7.08. The predicted molar refractivity (Wildman–Crippen MR) is 74.1 cm³/mol. The summed E-state index contributed by atoms with van der Waals surface area (Å²) < 4.78 is 0. The molecule has 0 amide bonds. The largest absolute Gasteiger partial charge is 0.309 e. The molecule has 1 aromatic heterocycles. The molecule has 0 aromatic carbocycles. The van der Waals surface area contributed by atoms with Crippen molar-refractivity contribution in [3.63, 3.8) is 0 Å². The third kappa shape index (κ3) is 4.67. The standard InChI is InChI=1S/C14H25NS/c1-5-11(3)9-12(4)15-10-14-8-7-13(6-2)16-14/h7-8,11-12,15H,5-6,9-10H2,1-4H3. The van der Waals surface area contributed by atoms with Crippen LogP contribution in [-0.2, 0) is 13.0 Å². The first-order valence-electron chi connectivity index (χ1n) is 6.46. The molecule has 0 bridgehead atoms. The van der Waals surface area contributed by atoms with Crippen molar-refractivity contribution in [2.24, 2.45) is 5.92 Å². The van der Waals surface area contributed by atoms with E-state index in [0.29, 0.717) is 6.04 Å². The summed E-state index contributed by atoms with van der Waals surface area (Å²) in [5.41, 5.74) is 0. The predicted octanol–water partition coefficient (Wildman–Crippen LogP) is 4.22. The molecule has 1 heterocycles. The van der Waals surface area contributed by atoms with Crippen LogP contribution in [0.4, 0.5) is 0 Å². The highest BCUT2D eigenvalue weighted by molar-refractivity contribution is 7.11. The van der Waals surface area contributed by atoms with Crippen LogP contribution < -0.4 is 5.32 Å². The Hall–Kier alpha value is -0.340. The summed E-state index contributed by atoms with van der Waals surface area (Å²) in [7, 11) is 0. The lowest BCUT2D eigenvalue weighted by Gasteiger charge is -2.16. The van der Waals surface area contributed by atoms with Crippen molar-refractivity contribution in [3.05, 3.63) is 21.9 Å². The van der Waals surface area contributed by atoms with Gasteiger partial charge < -0.3 is 5.32 Å². The van der Waals surface area contributed by atoms with E-state index in [2.05, 4.69) is 45.1 Å². The van der Waals surface area contributed by atoms with E-state index in [-0.39, 0.29) is 0 Å². The maximum absolute atomic E-state index is 3.61. The number of thiophene rings is 1. The Kier molecular flexibility index (Phi) is 6.07. The monoisotopic (exact) mass is 239 g/mol. The summed E-state index contributed by atoms with van der Waals surface area (Å²) in [5, 5.41) is 3.61. The third-order valence-electron chi connectivity index (χ3n) is 3.14. The molecule has 1 N–H and O–H groups in total. The Morgan fingerprint density at radius 1 is 1.19 bits per heavy atom. The molecule has 0 aliphatic heterocycles. The van der Waals surface area contributed by atoms with Gasteiger partial charge in [-0.1, -0.05) is 27.2 Å². The van der Waals surface area contributed by atoms with Crippen molar-refractivity contribution in [1.82, 2.24) is 5.32 Å². The van der Waals surface area contributed by atoms with E-state index in [1.165, 1.54) is 22.6 Å². The van der Waals surface area contributed by atoms with Crippen molar-refractivity contribution in [2.75, 3.05) is 0 Å². The highest BCUT2D eigenvalue weighted by atomic mass is 32.1. The second-order valence-corrected chi connectivity index (χ2v) is 6.01. The van der Waals surface area contributed by atoms with Gasteiger partial charge in [-0.2, -0.15) is 0 Å². The van der Waals surface area contributed by atoms with Gasteiger partial charge in [-0.25, -0.2) is 0 Å². The van der Waals surface area contributed by atoms with E-state index in [9.17, 15) is 0 Å². The first kappa shape index (κ1) is 13.7. The molecule has 0 fully saturated rings. The molecule has 1 aromatic rings. The lowest BCUT2D eigenvalue weighted by atomic mass is 10.0. The quantitative estimate of drug-likeness (QED) is 0.751. The maximum atomic E-state index is 3.61. The molecule has 0 aliphatic carbocycles.